The molecule has 0 saturated carbocycles. The van der Waals surface area contributed by atoms with Gasteiger partial charge in [0.15, 0.2) is 11.5 Å². The molecular formula is C27H34F3N5O2. The molecule has 1 fully saturated rings. The molecule has 1 aliphatic rings. The topological polar surface area (TPSA) is 85.5 Å². The molecule has 2 heterocycles. The van der Waals surface area contributed by atoms with Crippen molar-refractivity contribution >= 4 is 22.4 Å². The Bertz CT molecular complexity index is 1300. The van der Waals surface area contributed by atoms with E-state index in [4.69, 9.17) is 15.2 Å². The second-order valence-electron chi connectivity index (χ2n) is 9.80. The Labute approximate surface area is 215 Å². The number of ether oxygens (including phenoxy) is 2. The monoisotopic (exact) mass is 517 g/mol. The molecule has 200 valence electrons. The van der Waals surface area contributed by atoms with Gasteiger partial charge in [-0.3, -0.25) is 4.90 Å². The third-order valence-electron chi connectivity index (χ3n) is 7.12. The minimum Gasteiger partial charge on any atom is -0.493 e. The highest BCUT2D eigenvalue weighted by Gasteiger charge is 2.34. The summed E-state index contributed by atoms with van der Waals surface area (Å²) in [4.78, 5) is 11.4. The van der Waals surface area contributed by atoms with Gasteiger partial charge in [-0.15, -0.1) is 0 Å². The van der Waals surface area contributed by atoms with E-state index in [2.05, 4.69) is 27.2 Å². The van der Waals surface area contributed by atoms with Crippen molar-refractivity contribution in [3.05, 3.63) is 46.8 Å². The van der Waals surface area contributed by atoms with Gasteiger partial charge in [0.25, 0.3) is 0 Å². The molecule has 0 radical (unpaired) electrons. The van der Waals surface area contributed by atoms with Gasteiger partial charge in [0, 0.05) is 23.2 Å². The van der Waals surface area contributed by atoms with Crippen molar-refractivity contribution in [1.29, 1.82) is 0 Å². The van der Waals surface area contributed by atoms with Crippen LogP contribution < -0.4 is 20.5 Å². The second kappa shape index (κ2) is 10.2. The zero-order valence-corrected chi connectivity index (χ0v) is 22.0. The number of nitrogen functional groups attached to an aromatic ring is 1. The van der Waals surface area contributed by atoms with E-state index in [-0.39, 0.29) is 17.4 Å². The number of nitrogens with zero attached hydrogens (tertiary/aromatic N) is 3. The number of likely N-dealkylation sites (N-methyl/N-ethyl adjacent to an activating group) is 1. The van der Waals surface area contributed by atoms with E-state index < -0.39 is 17.8 Å². The molecular weight excluding hydrogens is 483 g/mol. The van der Waals surface area contributed by atoms with Crippen molar-refractivity contribution < 1.29 is 22.6 Å². The number of anilines is 2. The number of methoxy groups -OCH3 is 1. The van der Waals surface area contributed by atoms with Crippen LogP contribution in [0.5, 0.6) is 11.5 Å². The summed E-state index contributed by atoms with van der Waals surface area (Å²) in [6.45, 7) is 8.08. The van der Waals surface area contributed by atoms with Gasteiger partial charge >= 0.3 is 6.18 Å². The minimum absolute atomic E-state index is 0.0524. The summed E-state index contributed by atoms with van der Waals surface area (Å²) < 4.78 is 52.8. The molecule has 4 rings (SSSR count). The number of likely N-dealkylation sites (tertiary alicyclic amines) is 1. The number of aryl methyl sites for hydroxylation is 1. The molecule has 7 nitrogen and oxygen atoms in total. The fourth-order valence-corrected chi connectivity index (χ4v) is 5.21. The lowest BCUT2D eigenvalue weighted by Crippen LogP contribution is -2.38. The molecule has 1 aromatic heterocycles. The number of fused-ring (bicyclic) bond motifs is 1. The SMILES string of the molecule is COc1cc2nc(C)nc(N[C@H](C)c3cc(N)cc(C(F)(F)F)c3C)c2cc1O[C@@H](C)[C@@H]1CCCN1C. The molecule has 1 saturated heterocycles. The van der Waals surface area contributed by atoms with Gasteiger partial charge in [-0.1, -0.05) is 0 Å². The number of hydrogen-bond donors (Lipinski definition) is 2. The average Bonchev–Trinajstić information content (AvgIpc) is 3.25. The van der Waals surface area contributed by atoms with E-state index >= 15 is 0 Å². The van der Waals surface area contributed by atoms with Crippen LogP contribution in [-0.4, -0.2) is 47.7 Å². The van der Waals surface area contributed by atoms with Crippen molar-refractivity contribution in [1.82, 2.24) is 14.9 Å². The quantitative estimate of drug-likeness (QED) is 0.378. The molecule has 37 heavy (non-hydrogen) atoms. The lowest BCUT2D eigenvalue weighted by Gasteiger charge is -2.27. The number of aromatic nitrogens is 2. The van der Waals surface area contributed by atoms with Gasteiger partial charge < -0.3 is 20.5 Å². The van der Waals surface area contributed by atoms with Gasteiger partial charge in [-0.2, -0.15) is 13.2 Å². The average molecular weight is 518 g/mol. The lowest BCUT2D eigenvalue weighted by atomic mass is 9.96. The van der Waals surface area contributed by atoms with Crippen LogP contribution in [-0.2, 0) is 6.18 Å². The van der Waals surface area contributed by atoms with Gasteiger partial charge in [0.2, 0.25) is 0 Å². The molecule has 2 aromatic carbocycles. The molecule has 0 bridgehead atoms. The maximum absolute atomic E-state index is 13.6. The predicted molar refractivity (Wildman–Crippen MR) is 139 cm³/mol. The molecule has 3 aromatic rings. The van der Waals surface area contributed by atoms with Crippen LogP contribution in [0.2, 0.25) is 0 Å². The molecule has 0 amide bonds. The highest BCUT2D eigenvalue weighted by atomic mass is 19.4. The van der Waals surface area contributed by atoms with E-state index in [9.17, 15) is 13.2 Å². The summed E-state index contributed by atoms with van der Waals surface area (Å²) in [5, 5.41) is 3.97. The summed E-state index contributed by atoms with van der Waals surface area (Å²) in [7, 11) is 3.67. The smallest absolute Gasteiger partial charge is 0.416 e. The Balaban J connectivity index is 1.73. The van der Waals surface area contributed by atoms with Crippen LogP contribution in [0.15, 0.2) is 24.3 Å². The number of rotatable bonds is 7. The minimum atomic E-state index is -4.50. The van der Waals surface area contributed by atoms with E-state index in [1.54, 1.807) is 33.1 Å². The van der Waals surface area contributed by atoms with Crippen LogP contribution in [0.1, 0.15) is 55.2 Å². The van der Waals surface area contributed by atoms with E-state index in [0.29, 0.717) is 45.6 Å². The van der Waals surface area contributed by atoms with Crippen LogP contribution in [0.4, 0.5) is 24.7 Å². The third kappa shape index (κ3) is 5.53. The Hall–Kier alpha value is -3.27. The van der Waals surface area contributed by atoms with Gasteiger partial charge in [0.1, 0.15) is 17.7 Å². The Morgan fingerprint density at radius 3 is 2.46 bits per heavy atom. The van der Waals surface area contributed by atoms with Crippen LogP contribution in [0, 0.1) is 13.8 Å². The zero-order valence-electron chi connectivity index (χ0n) is 22.0. The van der Waals surface area contributed by atoms with Crippen LogP contribution in [0.3, 0.4) is 0 Å². The maximum atomic E-state index is 13.6. The van der Waals surface area contributed by atoms with Crippen molar-refractivity contribution in [2.75, 3.05) is 31.8 Å². The third-order valence-corrected chi connectivity index (χ3v) is 7.12. The number of hydrogen-bond acceptors (Lipinski definition) is 7. The van der Waals surface area contributed by atoms with E-state index in [0.717, 1.165) is 25.5 Å². The Morgan fingerprint density at radius 1 is 1.11 bits per heavy atom. The number of halogens is 3. The maximum Gasteiger partial charge on any atom is 0.416 e. The molecule has 3 atom stereocenters. The van der Waals surface area contributed by atoms with Gasteiger partial charge in [0.05, 0.1) is 24.2 Å². The molecule has 0 aliphatic carbocycles. The predicted octanol–water partition coefficient (Wildman–Crippen LogP) is 5.89. The summed E-state index contributed by atoms with van der Waals surface area (Å²) in [5.41, 5.74) is 6.35. The standard InChI is InChI=1S/C27H34F3N5O2/c1-14-19(10-18(31)11-21(14)27(28,29)30)15(2)32-26-20-12-25(37-16(3)23-8-7-9-35(23)5)24(36-6)13-22(20)33-17(4)34-26/h10-13,15-16,23H,7-9,31H2,1-6H3,(H,32,33,34)/t15-,16+,23+/m1/s1. The number of nitrogens with two attached hydrogens (primary N) is 1. The van der Waals surface area contributed by atoms with Crippen molar-refractivity contribution in [2.24, 2.45) is 0 Å². The lowest BCUT2D eigenvalue weighted by molar-refractivity contribution is -0.138. The fourth-order valence-electron chi connectivity index (χ4n) is 5.21. The van der Waals surface area contributed by atoms with Crippen LogP contribution >= 0.6 is 0 Å². The number of alkyl halides is 3. The fraction of sp³-hybridized carbons (Fsp3) is 0.481. The van der Waals surface area contributed by atoms with Crippen molar-refractivity contribution in [2.45, 2.75) is 64.9 Å². The zero-order chi connectivity index (χ0) is 27.1. The Morgan fingerprint density at radius 2 is 1.84 bits per heavy atom. The first-order valence-corrected chi connectivity index (χ1v) is 12.4. The molecule has 10 heteroatoms. The Kier molecular flexibility index (Phi) is 7.41. The highest BCUT2D eigenvalue weighted by Crippen LogP contribution is 2.39. The normalized spacial score (nSPS) is 18.1. The first kappa shape index (κ1) is 26.8. The van der Waals surface area contributed by atoms with Gasteiger partial charge in [-0.05, 0) is 83.5 Å². The first-order valence-electron chi connectivity index (χ1n) is 12.4. The summed E-state index contributed by atoms with van der Waals surface area (Å²) in [6, 6.07) is 5.95. The molecule has 0 spiro atoms. The highest BCUT2D eigenvalue weighted by molar-refractivity contribution is 5.92. The van der Waals surface area contributed by atoms with E-state index in [1.165, 1.54) is 6.92 Å². The van der Waals surface area contributed by atoms with Crippen molar-refractivity contribution in [3.8, 4) is 11.5 Å². The van der Waals surface area contributed by atoms with Crippen molar-refractivity contribution in [3.63, 3.8) is 0 Å². The molecule has 0 unspecified atom stereocenters. The van der Waals surface area contributed by atoms with Gasteiger partial charge in [-0.25, -0.2) is 9.97 Å². The summed E-state index contributed by atoms with van der Waals surface area (Å²) >= 11 is 0. The van der Waals surface area contributed by atoms with Crippen LogP contribution in [0.25, 0.3) is 10.9 Å². The molecule has 1 aliphatic heterocycles. The molecule has 3 N–H and O–H groups in total. The largest absolute Gasteiger partial charge is 0.493 e. The summed E-state index contributed by atoms with van der Waals surface area (Å²) in [5.74, 6) is 2.12. The number of benzene rings is 2. The van der Waals surface area contributed by atoms with E-state index in [1.807, 2.05) is 13.0 Å². The first-order chi connectivity index (χ1) is 17.4. The number of nitrogens with one attached hydrogen (secondary N) is 1. The second-order valence-corrected chi connectivity index (χ2v) is 9.80. The summed E-state index contributed by atoms with van der Waals surface area (Å²) in [6.07, 6.45) is -2.39.